The molecule has 5 nitrogen and oxygen atoms in total. The van der Waals surface area contributed by atoms with Crippen LogP contribution in [-0.4, -0.2) is 34.1 Å². The number of fused-ring (bicyclic) bond motifs is 1. The van der Waals surface area contributed by atoms with Crippen LogP contribution < -0.4 is 4.74 Å². The zero-order chi connectivity index (χ0) is 23.5. The quantitative estimate of drug-likeness (QED) is 0.262. The molecule has 0 saturated heterocycles. The largest absolute Gasteiger partial charge is 0.497 e. The van der Waals surface area contributed by atoms with E-state index in [1.165, 1.54) is 10.9 Å². The van der Waals surface area contributed by atoms with Gasteiger partial charge in [-0.3, -0.25) is 4.79 Å². The molecular weight excluding hydrogens is 462 g/mol. The molecule has 1 aliphatic heterocycles. The first-order valence-corrected chi connectivity index (χ1v) is 13.3. The Labute approximate surface area is 208 Å². The lowest BCUT2D eigenvalue weighted by atomic mass is 10.0. The molecule has 174 valence electrons. The van der Waals surface area contributed by atoms with Crippen molar-refractivity contribution in [2.75, 3.05) is 12.9 Å². The summed E-state index contributed by atoms with van der Waals surface area (Å²) >= 11 is 3.25. The summed E-state index contributed by atoms with van der Waals surface area (Å²) < 4.78 is 7.60. The van der Waals surface area contributed by atoms with Gasteiger partial charge in [-0.15, -0.1) is 23.1 Å². The number of ether oxygens (including phenoxy) is 1. The Hall–Kier alpha value is -3.03. The van der Waals surface area contributed by atoms with Crippen LogP contribution >= 0.6 is 23.1 Å². The van der Waals surface area contributed by atoms with Gasteiger partial charge in [0, 0.05) is 35.0 Å². The van der Waals surface area contributed by atoms with Crippen molar-refractivity contribution in [3.05, 3.63) is 82.7 Å². The van der Waals surface area contributed by atoms with E-state index in [-0.39, 0.29) is 11.9 Å². The molecule has 0 N–H and O–H groups in total. The van der Waals surface area contributed by atoms with Gasteiger partial charge >= 0.3 is 0 Å². The summed E-state index contributed by atoms with van der Waals surface area (Å²) in [5.41, 5.74) is 3.25. The molecule has 0 spiro atoms. The maximum atomic E-state index is 13.5. The molecule has 0 fully saturated rings. The summed E-state index contributed by atoms with van der Waals surface area (Å²) in [5, 5.41) is 9.74. The second-order valence-corrected chi connectivity index (χ2v) is 10.2. The first kappa shape index (κ1) is 22.7. The highest BCUT2D eigenvalue weighted by Crippen LogP contribution is 2.36. The average molecular weight is 490 g/mol. The predicted molar refractivity (Wildman–Crippen MR) is 141 cm³/mol. The average Bonchev–Trinajstić information content (AvgIpc) is 3.62. The summed E-state index contributed by atoms with van der Waals surface area (Å²) in [7, 11) is 1.66. The van der Waals surface area contributed by atoms with Gasteiger partial charge < -0.3 is 9.30 Å². The topological polar surface area (TPSA) is 46.8 Å². The summed E-state index contributed by atoms with van der Waals surface area (Å²) in [4.78, 5) is 15.7. The molecule has 2 aromatic carbocycles. The van der Waals surface area contributed by atoms with E-state index in [1.807, 2.05) is 35.7 Å². The van der Waals surface area contributed by atoms with E-state index in [1.54, 1.807) is 35.2 Å². The van der Waals surface area contributed by atoms with Gasteiger partial charge in [0.2, 0.25) is 0 Å². The van der Waals surface area contributed by atoms with Crippen molar-refractivity contribution in [2.45, 2.75) is 37.2 Å². The third-order valence-electron chi connectivity index (χ3n) is 6.04. The number of nitrogens with zero attached hydrogens (tertiary/aromatic N) is 3. The van der Waals surface area contributed by atoms with Gasteiger partial charge in [0.15, 0.2) is 0 Å². The number of hydrazone groups is 1. The van der Waals surface area contributed by atoms with Crippen molar-refractivity contribution in [1.29, 1.82) is 0 Å². The molecule has 34 heavy (non-hydrogen) atoms. The molecule has 2 aromatic heterocycles. The number of rotatable bonds is 8. The van der Waals surface area contributed by atoms with E-state index in [2.05, 4.69) is 48.0 Å². The minimum absolute atomic E-state index is 0.0182. The number of carbonyl (C=O) groups is 1. The Balaban J connectivity index is 1.39. The van der Waals surface area contributed by atoms with Crippen LogP contribution in [0.5, 0.6) is 5.75 Å². The Morgan fingerprint density at radius 2 is 1.97 bits per heavy atom. The lowest BCUT2D eigenvalue weighted by molar-refractivity contribution is -0.130. The normalized spacial score (nSPS) is 15.6. The van der Waals surface area contributed by atoms with Crippen LogP contribution in [0.4, 0.5) is 0 Å². The van der Waals surface area contributed by atoms with Gasteiger partial charge in [-0.2, -0.15) is 5.10 Å². The second-order valence-electron chi connectivity index (χ2n) is 8.25. The molecule has 7 heteroatoms. The Morgan fingerprint density at radius 3 is 2.71 bits per heavy atom. The third kappa shape index (κ3) is 4.50. The molecular formula is C27H27N3O2S2. The number of hydrogen-bond donors (Lipinski definition) is 0. The van der Waals surface area contributed by atoms with E-state index >= 15 is 0 Å². The molecule has 3 heterocycles. The zero-order valence-corrected chi connectivity index (χ0v) is 20.9. The SMILES string of the molecule is CCCn1cc(SCC(=O)N2N=C(c3cccs3)C[C@@H]2c2ccc(OC)cc2)c2ccccc21. The summed E-state index contributed by atoms with van der Waals surface area (Å²) in [6.07, 6.45) is 3.95. The minimum atomic E-state index is -0.113. The molecule has 4 aromatic rings. The van der Waals surface area contributed by atoms with E-state index in [9.17, 15) is 4.79 Å². The molecule has 0 aliphatic carbocycles. The summed E-state index contributed by atoms with van der Waals surface area (Å²) in [6.45, 7) is 3.15. The lowest BCUT2D eigenvalue weighted by Gasteiger charge is -2.22. The van der Waals surface area contributed by atoms with E-state index in [4.69, 9.17) is 9.84 Å². The van der Waals surface area contributed by atoms with E-state index in [0.29, 0.717) is 12.2 Å². The molecule has 0 bridgehead atoms. The van der Waals surface area contributed by atoms with Crippen molar-refractivity contribution in [1.82, 2.24) is 9.58 Å². The van der Waals surface area contributed by atoms with Crippen LogP contribution in [0.15, 0.2) is 82.2 Å². The van der Waals surface area contributed by atoms with Crippen LogP contribution in [0.25, 0.3) is 10.9 Å². The smallest absolute Gasteiger partial charge is 0.253 e. The van der Waals surface area contributed by atoms with Crippen molar-refractivity contribution in [3.63, 3.8) is 0 Å². The van der Waals surface area contributed by atoms with E-state index < -0.39 is 0 Å². The van der Waals surface area contributed by atoms with Gasteiger partial charge in [-0.05, 0) is 41.6 Å². The van der Waals surface area contributed by atoms with Crippen LogP contribution in [0.3, 0.4) is 0 Å². The fourth-order valence-electron chi connectivity index (χ4n) is 4.38. The highest BCUT2D eigenvalue weighted by Gasteiger charge is 2.33. The maximum Gasteiger partial charge on any atom is 0.253 e. The van der Waals surface area contributed by atoms with Crippen molar-refractivity contribution in [2.24, 2.45) is 5.10 Å². The number of aryl methyl sites for hydroxylation is 1. The van der Waals surface area contributed by atoms with Gasteiger partial charge in [0.1, 0.15) is 5.75 Å². The first-order valence-electron chi connectivity index (χ1n) is 11.5. The number of hydrogen-bond acceptors (Lipinski definition) is 5. The third-order valence-corrected chi connectivity index (χ3v) is 7.99. The van der Waals surface area contributed by atoms with Gasteiger partial charge in [0.05, 0.1) is 29.5 Å². The number of methoxy groups -OCH3 is 1. The molecule has 1 amide bonds. The summed E-state index contributed by atoms with van der Waals surface area (Å²) in [6, 6.07) is 20.3. The number of thioether (sulfide) groups is 1. The molecule has 0 saturated carbocycles. The molecule has 1 atom stereocenters. The lowest BCUT2D eigenvalue weighted by Crippen LogP contribution is -2.28. The number of carbonyl (C=O) groups excluding carboxylic acids is 1. The van der Waals surface area contributed by atoms with Gasteiger partial charge in [-0.25, -0.2) is 5.01 Å². The van der Waals surface area contributed by atoms with Crippen LogP contribution in [0, 0.1) is 0 Å². The van der Waals surface area contributed by atoms with Gasteiger partial charge in [-0.1, -0.05) is 43.3 Å². The van der Waals surface area contributed by atoms with Gasteiger partial charge in [0.25, 0.3) is 5.91 Å². The van der Waals surface area contributed by atoms with Crippen LogP contribution in [-0.2, 0) is 11.3 Å². The first-order chi connectivity index (χ1) is 16.7. The number of benzene rings is 2. The Bertz CT molecular complexity index is 1310. The standard InChI is InChI=1S/C27H27N3O2S2/c1-3-14-29-17-26(21-7-4-5-8-23(21)29)34-18-27(31)30-24(19-10-12-20(32-2)13-11-19)16-22(28-30)25-9-6-15-33-25/h4-13,15,17,24H,3,14,16,18H2,1-2H3/t24-/m1/s1. The minimum Gasteiger partial charge on any atom is -0.497 e. The molecule has 5 rings (SSSR count). The monoisotopic (exact) mass is 489 g/mol. The number of para-hydroxylation sites is 1. The highest BCUT2D eigenvalue weighted by atomic mass is 32.2. The number of aromatic nitrogens is 1. The van der Waals surface area contributed by atoms with Crippen LogP contribution in [0.2, 0.25) is 0 Å². The fourth-order valence-corrected chi connectivity index (χ4v) is 6.04. The van der Waals surface area contributed by atoms with Crippen molar-refractivity contribution >= 4 is 45.6 Å². The second kappa shape index (κ2) is 10.1. The Kier molecular flexibility index (Phi) is 6.74. The Morgan fingerprint density at radius 1 is 1.15 bits per heavy atom. The number of thiophene rings is 1. The number of amides is 1. The fraction of sp³-hybridized carbons (Fsp3) is 0.259. The highest BCUT2D eigenvalue weighted by molar-refractivity contribution is 8.00. The molecule has 1 aliphatic rings. The predicted octanol–water partition coefficient (Wildman–Crippen LogP) is 6.59. The van der Waals surface area contributed by atoms with E-state index in [0.717, 1.165) is 39.8 Å². The molecule has 0 unspecified atom stereocenters. The van der Waals surface area contributed by atoms with Crippen molar-refractivity contribution < 1.29 is 9.53 Å². The maximum absolute atomic E-state index is 13.5. The summed E-state index contributed by atoms with van der Waals surface area (Å²) in [5.74, 6) is 1.16. The van der Waals surface area contributed by atoms with Crippen LogP contribution in [0.1, 0.15) is 36.2 Å². The van der Waals surface area contributed by atoms with Crippen molar-refractivity contribution in [3.8, 4) is 5.75 Å². The molecule has 0 radical (unpaired) electrons. The zero-order valence-electron chi connectivity index (χ0n) is 19.3.